The molecular formula is C23H19NO3. The number of pyridine rings is 1. The molecule has 0 fully saturated rings. The van der Waals surface area contributed by atoms with Crippen LogP contribution in [0, 0.1) is 0 Å². The summed E-state index contributed by atoms with van der Waals surface area (Å²) in [7, 11) is 3.25. The van der Waals surface area contributed by atoms with Gasteiger partial charge in [-0.2, -0.15) is 0 Å². The van der Waals surface area contributed by atoms with Gasteiger partial charge in [0.2, 0.25) is 0 Å². The molecule has 0 bridgehead atoms. The summed E-state index contributed by atoms with van der Waals surface area (Å²) in [5.41, 5.74) is 2.44. The van der Waals surface area contributed by atoms with Gasteiger partial charge in [0.25, 0.3) is 5.56 Å². The molecule has 0 N–H and O–H groups in total. The predicted octanol–water partition coefficient (Wildman–Crippen LogP) is 4.67. The summed E-state index contributed by atoms with van der Waals surface area (Å²) < 4.78 is 12.3. The SMILES string of the molecule is COc1ccc(-c2cc3ccccc3c(=O)n2-c2cccc(OC)c2)cc1. The minimum atomic E-state index is -0.0628. The molecule has 0 amide bonds. The van der Waals surface area contributed by atoms with Crippen LogP contribution in [0.5, 0.6) is 11.5 Å². The Hall–Kier alpha value is -3.53. The van der Waals surface area contributed by atoms with Crippen LogP contribution in [0.3, 0.4) is 0 Å². The number of nitrogens with zero attached hydrogens (tertiary/aromatic N) is 1. The van der Waals surface area contributed by atoms with E-state index in [2.05, 4.69) is 0 Å². The van der Waals surface area contributed by atoms with Crippen LogP contribution in [0.15, 0.2) is 83.7 Å². The van der Waals surface area contributed by atoms with Gasteiger partial charge < -0.3 is 9.47 Å². The van der Waals surface area contributed by atoms with Crippen LogP contribution in [-0.4, -0.2) is 18.8 Å². The fourth-order valence-electron chi connectivity index (χ4n) is 3.24. The van der Waals surface area contributed by atoms with E-state index < -0.39 is 0 Å². The summed E-state index contributed by atoms with van der Waals surface area (Å²) in [5, 5.41) is 1.59. The molecule has 27 heavy (non-hydrogen) atoms. The van der Waals surface area contributed by atoms with E-state index in [4.69, 9.17) is 9.47 Å². The van der Waals surface area contributed by atoms with Crippen LogP contribution in [-0.2, 0) is 0 Å². The molecule has 0 unspecified atom stereocenters. The van der Waals surface area contributed by atoms with Gasteiger partial charge in [-0.05, 0) is 59.5 Å². The zero-order valence-corrected chi connectivity index (χ0v) is 15.2. The number of hydrogen-bond donors (Lipinski definition) is 0. The van der Waals surface area contributed by atoms with Gasteiger partial charge in [-0.3, -0.25) is 9.36 Å². The van der Waals surface area contributed by atoms with Gasteiger partial charge in [-0.25, -0.2) is 0 Å². The Balaban J connectivity index is 2.04. The van der Waals surface area contributed by atoms with E-state index in [0.29, 0.717) is 11.1 Å². The van der Waals surface area contributed by atoms with Gasteiger partial charge in [-0.15, -0.1) is 0 Å². The molecule has 4 nitrogen and oxygen atoms in total. The molecule has 0 spiro atoms. The van der Waals surface area contributed by atoms with Crippen molar-refractivity contribution >= 4 is 10.8 Å². The summed E-state index contributed by atoms with van der Waals surface area (Å²) in [6.45, 7) is 0. The van der Waals surface area contributed by atoms with E-state index in [1.807, 2.05) is 78.9 Å². The second kappa shape index (κ2) is 7.00. The van der Waals surface area contributed by atoms with Crippen molar-refractivity contribution in [3.63, 3.8) is 0 Å². The van der Waals surface area contributed by atoms with Crippen molar-refractivity contribution in [1.82, 2.24) is 4.57 Å². The van der Waals surface area contributed by atoms with Crippen LogP contribution in [0.1, 0.15) is 0 Å². The van der Waals surface area contributed by atoms with Crippen LogP contribution in [0.4, 0.5) is 0 Å². The average Bonchev–Trinajstić information content (AvgIpc) is 2.74. The standard InChI is InChI=1S/C23H19NO3/c1-26-19-12-10-16(11-13-19)22-14-17-6-3-4-9-21(17)23(25)24(22)18-7-5-8-20(15-18)27-2/h3-15H,1-2H3. The van der Waals surface area contributed by atoms with Gasteiger partial charge in [0, 0.05) is 11.5 Å². The molecule has 0 saturated carbocycles. The lowest BCUT2D eigenvalue weighted by atomic mass is 10.1. The highest BCUT2D eigenvalue weighted by Crippen LogP contribution is 2.28. The Bertz CT molecular complexity index is 1160. The third-order valence-electron chi connectivity index (χ3n) is 4.62. The molecule has 3 aromatic carbocycles. The van der Waals surface area contributed by atoms with E-state index in [0.717, 1.165) is 28.1 Å². The van der Waals surface area contributed by atoms with Gasteiger partial charge >= 0.3 is 0 Å². The Kier molecular flexibility index (Phi) is 4.38. The highest BCUT2D eigenvalue weighted by atomic mass is 16.5. The lowest BCUT2D eigenvalue weighted by molar-refractivity contribution is 0.414. The van der Waals surface area contributed by atoms with E-state index in [1.165, 1.54) is 0 Å². The number of methoxy groups -OCH3 is 2. The normalized spacial score (nSPS) is 10.7. The van der Waals surface area contributed by atoms with Crippen molar-refractivity contribution in [1.29, 1.82) is 0 Å². The Morgan fingerprint density at radius 3 is 2.22 bits per heavy atom. The van der Waals surface area contributed by atoms with E-state index >= 15 is 0 Å². The fraction of sp³-hybridized carbons (Fsp3) is 0.0870. The number of benzene rings is 3. The average molecular weight is 357 g/mol. The third-order valence-corrected chi connectivity index (χ3v) is 4.62. The summed E-state index contributed by atoms with van der Waals surface area (Å²) in [6.07, 6.45) is 0. The Morgan fingerprint density at radius 1 is 0.741 bits per heavy atom. The first-order valence-corrected chi connectivity index (χ1v) is 8.65. The fourth-order valence-corrected chi connectivity index (χ4v) is 3.24. The number of aromatic nitrogens is 1. The first-order chi connectivity index (χ1) is 13.2. The number of hydrogen-bond acceptors (Lipinski definition) is 3. The van der Waals surface area contributed by atoms with Crippen molar-refractivity contribution in [3.8, 4) is 28.4 Å². The lowest BCUT2D eigenvalue weighted by Gasteiger charge is -2.16. The largest absolute Gasteiger partial charge is 0.497 e. The molecule has 4 aromatic rings. The molecule has 134 valence electrons. The Morgan fingerprint density at radius 2 is 1.48 bits per heavy atom. The van der Waals surface area contributed by atoms with Crippen molar-refractivity contribution in [2.75, 3.05) is 14.2 Å². The second-order valence-corrected chi connectivity index (χ2v) is 6.19. The highest BCUT2D eigenvalue weighted by Gasteiger charge is 2.13. The van der Waals surface area contributed by atoms with Crippen LogP contribution >= 0.6 is 0 Å². The minimum absolute atomic E-state index is 0.0628. The maximum atomic E-state index is 13.3. The number of ether oxygens (including phenoxy) is 2. The van der Waals surface area contributed by atoms with Gasteiger partial charge in [-0.1, -0.05) is 24.3 Å². The van der Waals surface area contributed by atoms with E-state index in [-0.39, 0.29) is 5.56 Å². The van der Waals surface area contributed by atoms with Crippen molar-refractivity contribution < 1.29 is 9.47 Å². The lowest BCUT2D eigenvalue weighted by Crippen LogP contribution is -2.20. The van der Waals surface area contributed by atoms with Crippen LogP contribution in [0.2, 0.25) is 0 Å². The maximum absolute atomic E-state index is 13.3. The monoisotopic (exact) mass is 357 g/mol. The summed E-state index contributed by atoms with van der Waals surface area (Å²) in [4.78, 5) is 13.3. The molecule has 1 heterocycles. The molecule has 0 aliphatic carbocycles. The quantitative estimate of drug-likeness (QED) is 0.533. The minimum Gasteiger partial charge on any atom is -0.497 e. The second-order valence-electron chi connectivity index (χ2n) is 6.19. The zero-order chi connectivity index (χ0) is 18.8. The van der Waals surface area contributed by atoms with Crippen molar-refractivity contribution in [3.05, 3.63) is 89.2 Å². The zero-order valence-electron chi connectivity index (χ0n) is 15.2. The van der Waals surface area contributed by atoms with Crippen LogP contribution < -0.4 is 15.0 Å². The van der Waals surface area contributed by atoms with Gasteiger partial charge in [0.1, 0.15) is 11.5 Å². The van der Waals surface area contributed by atoms with E-state index in [1.54, 1.807) is 18.8 Å². The summed E-state index contributed by atoms with van der Waals surface area (Å²) >= 11 is 0. The molecule has 0 aliphatic heterocycles. The van der Waals surface area contributed by atoms with Crippen molar-refractivity contribution in [2.24, 2.45) is 0 Å². The number of rotatable bonds is 4. The smallest absolute Gasteiger partial charge is 0.263 e. The van der Waals surface area contributed by atoms with Crippen molar-refractivity contribution in [2.45, 2.75) is 0 Å². The third kappa shape index (κ3) is 3.06. The molecule has 0 atom stereocenters. The first-order valence-electron chi connectivity index (χ1n) is 8.65. The van der Waals surface area contributed by atoms with Crippen LogP contribution in [0.25, 0.3) is 27.7 Å². The van der Waals surface area contributed by atoms with Gasteiger partial charge in [0.05, 0.1) is 25.6 Å². The summed E-state index contributed by atoms with van der Waals surface area (Å²) in [5.74, 6) is 1.48. The predicted molar refractivity (Wildman–Crippen MR) is 108 cm³/mol. The molecule has 0 radical (unpaired) electrons. The number of fused-ring (bicyclic) bond motifs is 1. The summed E-state index contributed by atoms with van der Waals surface area (Å²) in [6, 6.07) is 24.9. The Labute approximate surface area is 157 Å². The molecular weight excluding hydrogens is 338 g/mol. The first kappa shape index (κ1) is 16.9. The maximum Gasteiger partial charge on any atom is 0.263 e. The topological polar surface area (TPSA) is 40.5 Å². The molecule has 1 aromatic heterocycles. The van der Waals surface area contributed by atoms with E-state index in [9.17, 15) is 4.79 Å². The molecule has 0 aliphatic rings. The molecule has 0 saturated heterocycles. The molecule has 4 rings (SSSR count). The van der Waals surface area contributed by atoms with Gasteiger partial charge in [0.15, 0.2) is 0 Å². The molecule has 4 heteroatoms. The highest BCUT2D eigenvalue weighted by molar-refractivity contribution is 5.86.